The average Bonchev–Trinajstić information content (AvgIpc) is 3.27. The number of hydrogen-bond donors (Lipinski definition) is 3. The first-order valence-electron chi connectivity index (χ1n) is 14.2. The van der Waals surface area contributed by atoms with Crippen molar-refractivity contribution in [2.45, 2.75) is 11.8 Å². The second kappa shape index (κ2) is 14.6. The zero-order chi connectivity index (χ0) is 32.6. The van der Waals surface area contributed by atoms with Gasteiger partial charge in [0.1, 0.15) is 11.4 Å². The Hall–Kier alpha value is -5.32. The van der Waals surface area contributed by atoms with Gasteiger partial charge in [-0.05, 0) is 79.2 Å². The molecule has 0 aliphatic carbocycles. The summed E-state index contributed by atoms with van der Waals surface area (Å²) < 4.78 is 3.21. The number of carbonyl (C=O) groups is 3. The Morgan fingerprint density at radius 3 is 2.20 bits per heavy atom. The number of benzene rings is 4. The molecular formula is C35H30ClN5O4S. The first kappa shape index (κ1) is 32.1. The number of rotatable bonds is 10. The van der Waals surface area contributed by atoms with Crippen LogP contribution in [0.5, 0.6) is 0 Å². The minimum atomic E-state index is -0.525. The molecule has 0 spiro atoms. The quantitative estimate of drug-likeness (QED) is 0.122. The van der Waals surface area contributed by atoms with Gasteiger partial charge in [-0.25, -0.2) is 4.68 Å². The fraction of sp³-hybridized carbons (Fsp3) is 0.0857. The summed E-state index contributed by atoms with van der Waals surface area (Å²) in [5, 5.41) is 8.76. The van der Waals surface area contributed by atoms with Crippen LogP contribution in [0.4, 0.5) is 11.4 Å². The fourth-order valence-corrected chi connectivity index (χ4v) is 5.47. The van der Waals surface area contributed by atoms with Gasteiger partial charge in [-0.2, -0.15) is 0 Å². The number of nitrogens with zero attached hydrogens (tertiary/aromatic N) is 2. The highest BCUT2D eigenvalue weighted by Gasteiger charge is 2.19. The number of halogens is 1. The van der Waals surface area contributed by atoms with Crippen molar-refractivity contribution >= 4 is 58.5 Å². The van der Waals surface area contributed by atoms with E-state index >= 15 is 0 Å². The third-order valence-corrected chi connectivity index (χ3v) is 8.24. The lowest BCUT2D eigenvalue weighted by atomic mass is 10.1. The molecule has 4 aromatic carbocycles. The van der Waals surface area contributed by atoms with Crippen molar-refractivity contribution in [2.24, 2.45) is 7.05 Å². The smallest absolute Gasteiger partial charge is 0.295 e. The minimum Gasteiger partial charge on any atom is -0.321 e. The largest absolute Gasteiger partial charge is 0.321 e. The van der Waals surface area contributed by atoms with Crippen molar-refractivity contribution in [3.05, 3.63) is 147 Å². The second-order valence-electron chi connectivity index (χ2n) is 10.2. The van der Waals surface area contributed by atoms with Crippen LogP contribution < -0.4 is 21.5 Å². The van der Waals surface area contributed by atoms with E-state index in [1.807, 2.05) is 30.3 Å². The van der Waals surface area contributed by atoms with Gasteiger partial charge in [0, 0.05) is 28.2 Å². The van der Waals surface area contributed by atoms with Crippen LogP contribution in [-0.4, -0.2) is 32.8 Å². The molecule has 232 valence electrons. The molecule has 46 heavy (non-hydrogen) atoms. The molecule has 0 bridgehead atoms. The summed E-state index contributed by atoms with van der Waals surface area (Å²) >= 11 is 7.41. The normalized spacial score (nSPS) is 11.2. The summed E-state index contributed by atoms with van der Waals surface area (Å²) in [7, 11) is 1.77. The number of carbonyl (C=O) groups excluding carboxylic acids is 3. The van der Waals surface area contributed by atoms with Crippen LogP contribution in [0.3, 0.4) is 0 Å². The molecule has 1 heterocycles. The van der Waals surface area contributed by atoms with E-state index in [0.717, 1.165) is 4.90 Å². The van der Waals surface area contributed by atoms with E-state index in [1.54, 1.807) is 104 Å². The maximum Gasteiger partial charge on any atom is 0.295 e. The number of nitrogens with one attached hydrogen (secondary N) is 3. The van der Waals surface area contributed by atoms with Crippen LogP contribution in [-0.2, 0) is 16.6 Å². The van der Waals surface area contributed by atoms with Crippen LogP contribution >= 0.6 is 23.4 Å². The molecular weight excluding hydrogens is 622 g/mol. The van der Waals surface area contributed by atoms with E-state index in [0.29, 0.717) is 33.2 Å². The minimum absolute atomic E-state index is 0.0359. The van der Waals surface area contributed by atoms with Crippen molar-refractivity contribution in [3.63, 3.8) is 0 Å². The van der Waals surface area contributed by atoms with Gasteiger partial charge in [-0.15, -0.1) is 11.8 Å². The monoisotopic (exact) mass is 651 g/mol. The molecule has 11 heteroatoms. The summed E-state index contributed by atoms with van der Waals surface area (Å²) in [5.74, 6) is -1.21. The number of anilines is 2. The van der Waals surface area contributed by atoms with Gasteiger partial charge < -0.3 is 16.0 Å². The molecule has 5 rings (SSSR count). The van der Waals surface area contributed by atoms with Gasteiger partial charge in [0.15, 0.2) is 0 Å². The van der Waals surface area contributed by atoms with Crippen LogP contribution in [0.1, 0.15) is 21.6 Å². The van der Waals surface area contributed by atoms with Gasteiger partial charge >= 0.3 is 0 Å². The average molecular weight is 652 g/mol. The fourth-order valence-electron chi connectivity index (χ4n) is 4.58. The van der Waals surface area contributed by atoms with Gasteiger partial charge in [0.25, 0.3) is 17.4 Å². The standard InChI is InChI=1S/C35H30ClN5O4S/c1-23-32(35(45)41(40(23)2)28-14-7-4-8-15-28)39-31(42)22-46-29-18-16-27(17-19-29)37-34(44)30(21-24-10-9-13-26(36)20-24)38-33(43)25-11-5-3-6-12-25/h3-21H,22H2,1-2H3,(H,37,44)(H,38,43)(H,39,42)/b30-21-. The lowest BCUT2D eigenvalue weighted by Crippen LogP contribution is -2.30. The molecule has 0 fully saturated rings. The lowest BCUT2D eigenvalue weighted by Gasteiger charge is -2.12. The van der Waals surface area contributed by atoms with Crippen LogP contribution in [0.15, 0.2) is 125 Å². The molecule has 3 amide bonds. The lowest BCUT2D eigenvalue weighted by molar-refractivity contribution is -0.114. The van der Waals surface area contributed by atoms with Crippen molar-refractivity contribution in [1.82, 2.24) is 14.7 Å². The zero-order valence-electron chi connectivity index (χ0n) is 25.0. The molecule has 0 aliphatic rings. The highest BCUT2D eigenvalue weighted by atomic mass is 35.5. The van der Waals surface area contributed by atoms with Crippen LogP contribution in [0.25, 0.3) is 11.8 Å². The van der Waals surface area contributed by atoms with Crippen molar-refractivity contribution < 1.29 is 14.4 Å². The predicted molar refractivity (Wildman–Crippen MR) is 184 cm³/mol. The Morgan fingerprint density at radius 2 is 1.52 bits per heavy atom. The number of hydrogen-bond acceptors (Lipinski definition) is 5. The van der Waals surface area contributed by atoms with E-state index in [4.69, 9.17) is 11.6 Å². The van der Waals surface area contributed by atoms with Crippen LogP contribution in [0.2, 0.25) is 5.02 Å². The van der Waals surface area contributed by atoms with E-state index < -0.39 is 11.8 Å². The predicted octanol–water partition coefficient (Wildman–Crippen LogP) is 6.28. The number of aromatic nitrogens is 2. The Kier molecular flexibility index (Phi) is 10.2. The molecule has 0 aliphatic heterocycles. The molecule has 0 unspecified atom stereocenters. The van der Waals surface area contributed by atoms with E-state index in [9.17, 15) is 19.2 Å². The van der Waals surface area contributed by atoms with E-state index in [1.165, 1.54) is 16.4 Å². The topological polar surface area (TPSA) is 114 Å². The highest BCUT2D eigenvalue weighted by Crippen LogP contribution is 2.22. The molecule has 9 nitrogen and oxygen atoms in total. The van der Waals surface area contributed by atoms with Gasteiger partial charge in [-0.3, -0.25) is 23.9 Å². The molecule has 0 saturated carbocycles. The van der Waals surface area contributed by atoms with E-state index in [2.05, 4.69) is 16.0 Å². The summed E-state index contributed by atoms with van der Waals surface area (Å²) in [6.07, 6.45) is 1.55. The third-order valence-electron chi connectivity index (χ3n) is 6.99. The van der Waals surface area contributed by atoms with Gasteiger partial charge in [-0.1, -0.05) is 60.1 Å². The van der Waals surface area contributed by atoms with Gasteiger partial charge in [0.05, 0.1) is 17.1 Å². The third kappa shape index (κ3) is 7.84. The van der Waals surface area contributed by atoms with Crippen molar-refractivity contribution in [3.8, 4) is 5.69 Å². The molecule has 5 aromatic rings. The molecule has 3 N–H and O–H groups in total. The van der Waals surface area contributed by atoms with Crippen molar-refractivity contribution in [2.75, 3.05) is 16.4 Å². The summed E-state index contributed by atoms with van der Waals surface area (Å²) in [6.45, 7) is 1.78. The van der Waals surface area contributed by atoms with Gasteiger partial charge in [0.2, 0.25) is 5.91 Å². The molecule has 0 atom stereocenters. The van der Waals surface area contributed by atoms with Crippen LogP contribution in [0, 0.1) is 6.92 Å². The van der Waals surface area contributed by atoms with E-state index in [-0.39, 0.29) is 28.6 Å². The highest BCUT2D eigenvalue weighted by molar-refractivity contribution is 8.00. The first-order valence-corrected chi connectivity index (χ1v) is 15.6. The maximum absolute atomic E-state index is 13.3. The zero-order valence-corrected chi connectivity index (χ0v) is 26.6. The SMILES string of the molecule is Cc1c(NC(=O)CSc2ccc(NC(=O)/C(=C/c3cccc(Cl)c3)NC(=O)c3ccccc3)cc2)c(=O)n(-c2ccccc2)n1C. The van der Waals surface area contributed by atoms with Crippen molar-refractivity contribution in [1.29, 1.82) is 0 Å². The molecule has 0 radical (unpaired) electrons. The summed E-state index contributed by atoms with van der Waals surface area (Å²) in [4.78, 5) is 52.8. The number of para-hydroxylation sites is 1. The Balaban J connectivity index is 1.23. The Morgan fingerprint density at radius 1 is 0.848 bits per heavy atom. The maximum atomic E-state index is 13.3. The first-order chi connectivity index (χ1) is 22.2. The molecule has 1 aromatic heterocycles. The number of thioether (sulfide) groups is 1. The molecule has 0 saturated heterocycles. The Bertz CT molecular complexity index is 1970. The summed E-state index contributed by atoms with van der Waals surface area (Å²) in [5.41, 5.74) is 2.83. The number of amides is 3. The Labute approximate surface area is 274 Å². The summed E-state index contributed by atoms with van der Waals surface area (Å²) in [6, 6.07) is 31.7. The second-order valence-corrected chi connectivity index (χ2v) is 11.7.